The van der Waals surface area contributed by atoms with Crippen molar-refractivity contribution in [2.45, 2.75) is 13.0 Å². The van der Waals surface area contributed by atoms with E-state index in [0.717, 1.165) is 18.9 Å². The topological polar surface area (TPSA) is 68.5 Å². The third kappa shape index (κ3) is 2.11. The summed E-state index contributed by atoms with van der Waals surface area (Å²) < 4.78 is 5.41. The van der Waals surface area contributed by atoms with E-state index in [1.807, 2.05) is 11.8 Å². The Labute approximate surface area is 93.0 Å². The highest BCUT2D eigenvalue weighted by atomic mass is 16.6. The van der Waals surface area contributed by atoms with Crippen LogP contribution in [0.5, 0.6) is 0 Å². The fourth-order valence-electron chi connectivity index (χ4n) is 1.64. The lowest BCUT2D eigenvalue weighted by Gasteiger charge is -2.39. The Hall–Kier alpha value is -1.69. The molecule has 1 fully saturated rings. The van der Waals surface area contributed by atoms with Gasteiger partial charge in [-0.15, -0.1) is 0 Å². The first-order valence-electron chi connectivity index (χ1n) is 5.17. The number of hydrogen-bond donors (Lipinski definition) is 0. The number of nitro groups is 1. The van der Waals surface area contributed by atoms with Crippen molar-refractivity contribution in [3.63, 3.8) is 0 Å². The molecule has 0 aliphatic carbocycles. The maximum atomic E-state index is 10.4. The quantitative estimate of drug-likeness (QED) is 0.567. The van der Waals surface area contributed by atoms with Gasteiger partial charge < -0.3 is 9.64 Å². The molecule has 0 bridgehead atoms. The summed E-state index contributed by atoms with van der Waals surface area (Å²) in [6.07, 6.45) is 1.55. The molecule has 0 aromatic carbocycles. The van der Waals surface area contributed by atoms with E-state index < -0.39 is 4.92 Å². The van der Waals surface area contributed by atoms with Crippen LogP contribution in [0.1, 0.15) is 6.92 Å². The Bertz CT molecular complexity index is 373. The monoisotopic (exact) mass is 223 g/mol. The van der Waals surface area contributed by atoms with Crippen LogP contribution in [0.3, 0.4) is 0 Å². The Morgan fingerprint density at radius 2 is 2.38 bits per heavy atom. The van der Waals surface area contributed by atoms with Crippen LogP contribution in [0.2, 0.25) is 0 Å². The number of aromatic nitrogens is 1. The van der Waals surface area contributed by atoms with Gasteiger partial charge in [0.15, 0.2) is 0 Å². The van der Waals surface area contributed by atoms with E-state index >= 15 is 0 Å². The molecule has 86 valence electrons. The van der Waals surface area contributed by atoms with Crippen molar-refractivity contribution in [2.75, 3.05) is 24.6 Å². The summed E-state index contributed by atoms with van der Waals surface area (Å²) in [5.74, 6) is 0.765. The van der Waals surface area contributed by atoms with Crippen molar-refractivity contribution >= 4 is 11.5 Å². The molecule has 2 heterocycles. The normalized spacial score (nSPS) is 15.9. The van der Waals surface area contributed by atoms with Crippen LogP contribution >= 0.6 is 0 Å². The zero-order valence-electron chi connectivity index (χ0n) is 9.00. The molecular weight excluding hydrogens is 210 g/mol. The van der Waals surface area contributed by atoms with Crippen LogP contribution in [0.15, 0.2) is 18.3 Å². The van der Waals surface area contributed by atoms with E-state index in [4.69, 9.17) is 4.74 Å². The van der Waals surface area contributed by atoms with Gasteiger partial charge in [-0.25, -0.2) is 4.98 Å². The summed E-state index contributed by atoms with van der Waals surface area (Å²) >= 11 is 0. The molecule has 2 rings (SSSR count). The van der Waals surface area contributed by atoms with Gasteiger partial charge in [-0.1, -0.05) is 0 Å². The van der Waals surface area contributed by atoms with E-state index in [2.05, 4.69) is 4.98 Å². The minimum Gasteiger partial charge on any atom is -0.375 e. The highest BCUT2D eigenvalue weighted by molar-refractivity contribution is 5.45. The van der Waals surface area contributed by atoms with Gasteiger partial charge in [0.2, 0.25) is 0 Å². The highest BCUT2D eigenvalue weighted by Gasteiger charge is 2.28. The molecule has 0 amide bonds. The molecule has 0 spiro atoms. The zero-order valence-corrected chi connectivity index (χ0v) is 9.00. The molecule has 1 aromatic rings. The number of hydrogen-bond acceptors (Lipinski definition) is 5. The van der Waals surface area contributed by atoms with Gasteiger partial charge in [0.1, 0.15) is 12.0 Å². The van der Waals surface area contributed by atoms with Crippen LogP contribution in [0.4, 0.5) is 11.5 Å². The fourth-order valence-corrected chi connectivity index (χ4v) is 1.64. The summed E-state index contributed by atoms with van der Waals surface area (Å²) in [7, 11) is 0. The molecule has 6 nitrogen and oxygen atoms in total. The van der Waals surface area contributed by atoms with Gasteiger partial charge in [0.25, 0.3) is 5.69 Å². The molecule has 0 saturated carbocycles. The third-order valence-electron chi connectivity index (χ3n) is 2.52. The van der Waals surface area contributed by atoms with Crippen molar-refractivity contribution in [1.29, 1.82) is 0 Å². The Morgan fingerprint density at radius 3 is 2.88 bits per heavy atom. The van der Waals surface area contributed by atoms with Crippen molar-refractivity contribution in [2.24, 2.45) is 0 Å². The predicted octanol–water partition coefficient (Wildman–Crippen LogP) is 1.21. The van der Waals surface area contributed by atoms with E-state index in [0.29, 0.717) is 6.61 Å². The summed E-state index contributed by atoms with van der Waals surface area (Å²) in [6.45, 7) is 4.29. The lowest BCUT2D eigenvalue weighted by atomic mass is 10.1. The van der Waals surface area contributed by atoms with Gasteiger partial charge >= 0.3 is 0 Å². The van der Waals surface area contributed by atoms with Crippen LogP contribution in [0, 0.1) is 10.1 Å². The second-order valence-corrected chi connectivity index (χ2v) is 3.61. The summed E-state index contributed by atoms with van der Waals surface area (Å²) in [5, 5.41) is 10.4. The summed E-state index contributed by atoms with van der Waals surface area (Å²) in [6, 6.07) is 3.14. The molecule has 0 unspecified atom stereocenters. The van der Waals surface area contributed by atoms with Crippen LogP contribution in [-0.2, 0) is 4.74 Å². The van der Waals surface area contributed by atoms with Crippen molar-refractivity contribution in [1.82, 2.24) is 4.98 Å². The molecule has 16 heavy (non-hydrogen) atoms. The van der Waals surface area contributed by atoms with Crippen molar-refractivity contribution in [3.8, 4) is 0 Å². The molecule has 6 heteroatoms. The molecule has 1 saturated heterocycles. The van der Waals surface area contributed by atoms with Gasteiger partial charge in [-0.2, -0.15) is 0 Å². The zero-order chi connectivity index (χ0) is 11.5. The lowest BCUT2D eigenvalue weighted by molar-refractivity contribution is -0.385. The van der Waals surface area contributed by atoms with Crippen LogP contribution in [0.25, 0.3) is 0 Å². The predicted molar refractivity (Wildman–Crippen MR) is 58.5 cm³/mol. The minimum atomic E-state index is -0.449. The maximum Gasteiger partial charge on any atom is 0.287 e. The number of ether oxygens (including phenoxy) is 1. The smallest absolute Gasteiger partial charge is 0.287 e. The fraction of sp³-hybridized carbons (Fsp3) is 0.500. The largest absolute Gasteiger partial charge is 0.375 e. The molecule has 0 N–H and O–H groups in total. The Morgan fingerprint density at radius 1 is 1.62 bits per heavy atom. The average Bonchev–Trinajstić information content (AvgIpc) is 2.23. The maximum absolute atomic E-state index is 10.4. The molecule has 1 aliphatic heterocycles. The Kier molecular flexibility index (Phi) is 3.00. The van der Waals surface area contributed by atoms with Gasteiger partial charge in [-0.05, 0) is 13.0 Å². The Balaban J connectivity index is 1.94. The second kappa shape index (κ2) is 4.44. The summed E-state index contributed by atoms with van der Waals surface area (Å²) in [4.78, 5) is 16.1. The number of nitrogens with zero attached hydrogens (tertiary/aromatic N) is 3. The van der Waals surface area contributed by atoms with E-state index in [9.17, 15) is 10.1 Å². The standard InChI is InChI=1S/C10H13N3O3/c1-2-16-9-6-12(7-9)10-4-3-8(5-11-10)13(14)15/h3-5,9H,2,6-7H2,1H3. The second-order valence-electron chi connectivity index (χ2n) is 3.61. The number of anilines is 1. The van der Waals surface area contributed by atoms with E-state index in [1.54, 1.807) is 6.07 Å². The first kappa shape index (κ1) is 10.8. The molecule has 0 atom stereocenters. The first-order valence-corrected chi connectivity index (χ1v) is 5.17. The lowest BCUT2D eigenvalue weighted by Crippen LogP contribution is -2.52. The SMILES string of the molecule is CCOC1CN(c2ccc([N+](=O)[O-])cn2)C1. The van der Waals surface area contributed by atoms with E-state index in [1.165, 1.54) is 12.3 Å². The molecule has 0 radical (unpaired) electrons. The molecule has 1 aliphatic rings. The van der Waals surface area contributed by atoms with Crippen LogP contribution < -0.4 is 4.90 Å². The van der Waals surface area contributed by atoms with Gasteiger partial charge in [-0.3, -0.25) is 10.1 Å². The highest BCUT2D eigenvalue weighted by Crippen LogP contribution is 2.21. The van der Waals surface area contributed by atoms with Gasteiger partial charge in [0.05, 0.1) is 11.0 Å². The summed E-state index contributed by atoms with van der Waals surface area (Å²) in [5.41, 5.74) is 0.0191. The van der Waals surface area contributed by atoms with Crippen LogP contribution in [-0.4, -0.2) is 35.7 Å². The third-order valence-corrected chi connectivity index (χ3v) is 2.52. The van der Waals surface area contributed by atoms with Crippen molar-refractivity contribution < 1.29 is 9.66 Å². The first-order chi connectivity index (χ1) is 7.70. The van der Waals surface area contributed by atoms with Gasteiger partial charge in [0, 0.05) is 25.8 Å². The number of rotatable bonds is 4. The minimum absolute atomic E-state index is 0.0191. The van der Waals surface area contributed by atoms with E-state index in [-0.39, 0.29) is 11.8 Å². The molecular formula is C10H13N3O3. The number of pyridine rings is 1. The average molecular weight is 223 g/mol. The van der Waals surface area contributed by atoms with Crippen molar-refractivity contribution in [3.05, 3.63) is 28.4 Å². The molecule has 1 aromatic heterocycles.